The first-order valence-corrected chi connectivity index (χ1v) is 14.3. The third kappa shape index (κ3) is 3.24. The van der Waals surface area contributed by atoms with E-state index in [4.69, 9.17) is 4.74 Å². The molecule has 3 unspecified atom stereocenters. The van der Waals surface area contributed by atoms with Gasteiger partial charge in [-0.1, -0.05) is 59.6 Å². The number of allylic oxidation sites excluding steroid dienone is 2. The van der Waals surface area contributed by atoms with Crippen LogP contribution in [0, 0.1) is 45.3 Å². The van der Waals surface area contributed by atoms with Gasteiger partial charge in [-0.15, -0.1) is 0 Å². The van der Waals surface area contributed by atoms with Gasteiger partial charge >= 0.3 is 0 Å². The van der Waals surface area contributed by atoms with Crippen LogP contribution in [0.5, 0.6) is 0 Å². The van der Waals surface area contributed by atoms with E-state index in [1.165, 1.54) is 51.4 Å². The van der Waals surface area contributed by atoms with Crippen molar-refractivity contribution in [3.63, 3.8) is 0 Å². The maximum Gasteiger partial charge on any atom is 0.0893 e. The van der Waals surface area contributed by atoms with Crippen molar-refractivity contribution < 1.29 is 9.84 Å². The quantitative estimate of drug-likeness (QED) is 0.344. The van der Waals surface area contributed by atoms with Crippen LogP contribution in [0.4, 0.5) is 0 Å². The molecule has 0 amide bonds. The first-order chi connectivity index (χ1) is 15.2. The largest absolute Gasteiger partial charge is 0.393 e. The minimum Gasteiger partial charge on any atom is -0.393 e. The second-order valence-corrected chi connectivity index (χ2v) is 15.0. The van der Waals surface area contributed by atoms with Crippen LogP contribution >= 0.6 is 0 Å². The van der Waals surface area contributed by atoms with E-state index in [1.54, 1.807) is 0 Å². The Balaban J connectivity index is 1.43. The van der Waals surface area contributed by atoms with Gasteiger partial charge in [-0.3, -0.25) is 0 Å². The fourth-order valence-corrected chi connectivity index (χ4v) is 10.1. The van der Waals surface area contributed by atoms with Crippen LogP contribution in [0.15, 0.2) is 11.1 Å². The fraction of sp³-hybridized carbons (Fsp3) is 0.935. The highest BCUT2D eigenvalue weighted by molar-refractivity contribution is 5.38. The molecular formula is C31H52O2. The van der Waals surface area contributed by atoms with Crippen molar-refractivity contribution in [1.29, 1.82) is 0 Å². The predicted octanol–water partition coefficient (Wildman–Crippen LogP) is 7.94. The molecule has 0 spiro atoms. The average molecular weight is 457 g/mol. The van der Waals surface area contributed by atoms with Gasteiger partial charge in [-0.05, 0) is 111 Å². The summed E-state index contributed by atoms with van der Waals surface area (Å²) in [5.74, 6) is 2.63. The van der Waals surface area contributed by atoms with E-state index < -0.39 is 0 Å². The zero-order valence-electron chi connectivity index (χ0n) is 23.2. The average Bonchev–Trinajstić information content (AvgIpc) is 3.22. The smallest absolute Gasteiger partial charge is 0.0893 e. The Hall–Kier alpha value is -0.340. The van der Waals surface area contributed by atoms with Gasteiger partial charge in [0.2, 0.25) is 0 Å². The number of aliphatic hydroxyl groups excluding tert-OH is 1. The molecule has 0 aromatic rings. The van der Waals surface area contributed by atoms with Crippen LogP contribution in [-0.4, -0.2) is 22.9 Å². The van der Waals surface area contributed by atoms with Crippen LogP contribution in [0.1, 0.15) is 120 Å². The summed E-state index contributed by atoms with van der Waals surface area (Å²) in [4.78, 5) is 0. The summed E-state index contributed by atoms with van der Waals surface area (Å²) in [7, 11) is 0. The molecule has 2 nitrogen and oxygen atoms in total. The Morgan fingerprint density at radius 3 is 2.21 bits per heavy atom. The highest BCUT2D eigenvalue weighted by Crippen LogP contribution is 2.72. The number of hydrogen-bond acceptors (Lipinski definition) is 2. The summed E-state index contributed by atoms with van der Waals surface area (Å²) < 4.78 is 5.83. The molecule has 3 fully saturated rings. The van der Waals surface area contributed by atoms with Crippen molar-refractivity contribution in [3.8, 4) is 0 Å². The first kappa shape index (κ1) is 24.4. The molecule has 9 atom stereocenters. The Kier molecular flexibility index (Phi) is 5.42. The molecule has 0 aromatic heterocycles. The lowest BCUT2D eigenvalue weighted by Crippen LogP contribution is -2.53. The number of fused-ring (bicyclic) bond motifs is 4. The van der Waals surface area contributed by atoms with Crippen molar-refractivity contribution in [2.45, 2.75) is 138 Å². The minimum absolute atomic E-state index is 0.0291. The van der Waals surface area contributed by atoms with Gasteiger partial charge in [0.25, 0.3) is 0 Å². The molecule has 2 heteroatoms. The fourth-order valence-electron chi connectivity index (χ4n) is 10.1. The zero-order chi connectivity index (χ0) is 24.2. The van der Waals surface area contributed by atoms with Crippen molar-refractivity contribution in [2.75, 3.05) is 0 Å². The lowest BCUT2D eigenvalue weighted by molar-refractivity contribution is -0.0532. The molecule has 0 radical (unpaired) electrons. The molecule has 5 aliphatic rings. The van der Waals surface area contributed by atoms with Crippen LogP contribution in [0.3, 0.4) is 0 Å². The van der Waals surface area contributed by atoms with E-state index in [0.717, 1.165) is 18.3 Å². The van der Waals surface area contributed by atoms with Crippen LogP contribution < -0.4 is 0 Å². The second-order valence-electron chi connectivity index (χ2n) is 15.0. The molecule has 0 bridgehead atoms. The normalized spacial score (nSPS) is 49.6. The Bertz CT molecular complexity index is 838. The van der Waals surface area contributed by atoms with Gasteiger partial charge < -0.3 is 9.84 Å². The summed E-state index contributed by atoms with van der Waals surface area (Å²) in [6.07, 6.45) is 11.5. The number of ether oxygens (including phenoxy) is 1. The van der Waals surface area contributed by atoms with Gasteiger partial charge in [0.05, 0.1) is 17.8 Å². The highest BCUT2D eigenvalue weighted by atomic mass is 16.6. The van der Waals surface area contributed by atoms with E-state index in [9.17, 15) is 5.11 Å². The topological polar surface area (TPSA) is 32.8 Å². The summed E-state index contributed by atoms with van der Waals surface area (Å²) in [5.41, 5.74) is 5.22. The summed E-state index contributed by atoms with van der Waals surface area (Å²) in [6, 6.07) is 0. The molecule has 1 N–H and O–H groups in total. The van der Waals surface area contributed by atoms with Crippen LogP contribution in [0.25, 0.3) is 0 Å². The lowest BCUT2D eigenvalue weighted by atomic mass is 9.42. The summed E-state index contributed by atoms with van der Waals surface area (Å²) in [5, 5.41) is 11.2. The van der Waals surface area contributed by atoms with Crippen molar-refractivity contribution >= 4 is 0 Å². The van der Waals surface area contributed by atoms with E-state index in [1.807, 2.05) is 11.1 Å². The molecule has 0 aromatic carbocycles. The monoisotopic (exact) mass is 456 g/mol. The Morgan fingerprint density at radius 1 is 0.909 bits per heavy atom. The van der Waals surface area contributed by atoms with Crippen molar-refractivity contribution in [2.24, 2.45) is 45.3 Å². The molecule has 1 saturated heterocycles. The molecule has 5 rings (SSSR count). The maximum absolute atomic E-state index is 11.2. The number of aliphatic hydroxyl groups is 1. The lowest BCUT2D eigenvalue weighted by Gasteiger charge is -2.62. The van der Waals surface area contributed by atoms with Crippen molar-refractivity contribution in [1.82, 2.24) is 0 Å². The number of epoxide rings is 1. The third-order valence-electron chi connectivity index (χ3n) is 13.2. The standard InChI is InChI=1S/C31H52O2/c1-19-12-15-29(7)22-14-17-30(8)21(20(2)24(32)18-26-28(5,6)33-26)13-16-31(30,9)23(22)10-11-25(29)27(19,3)4/h19-21,24-26,32H,10-18H2,1-9H3/t19-,20-,21+,24?,25?,26?,29+,30+,31-/m0/s1. The first-order valence-electron chi connectivity index (χ1n) is 14.3. The molecule has 1 aliphatic heterocycles. The third-order valence-corrected chi connectivity index (χ3v) is 13.2. The number of hydrogen-bond donors (Lipinski definition) is 1. The van der Waals surface area contributed by atoms with Crippen LogP contribution in [-0.2, 0) is 4.74 Å². The summed E-state index contributed by atoms with van der Waals surface area (Å²) >= 11 is 0. The van der Waals surface area contributed by atoms with Gasteiger partial charge in [-0.2, -0.15) is 0 Å². The Labute approximate surface area is 204 Å². The van der Waals surface area contributed by atoms with E-state index in [0.29, 0.717) is 33.5 Å². The maximum atomic E-state index is 11.2. The second kappa shape index (κ2) is 7.34. The van der Waals surface area contributed by atoms with Gasteiger partial charge in [-0.25, -0.2) is 0 Å². The minimum atomic E-state index is -0.245. The molecular weight excluding hydrogens is 404 g/mol. The van der Waals surface area contributed by atoms with E-state index >= 15 is 0 Å². The highest BCUT2D eigenvalue weighted by Gasteiger charge is 2.63. The van der Waals surface area contributed by atoms with Gasteiger partial charge in [0.15, 0.2) is 0 Å². The number of rotatable bonds is 4. The predicted molar refractivity (Wildman–Crippen MR) is 137 cm³/mol. The van der Waals surface area contributed by atoms with E-state index in [-0.39, 0.29) is 17.8 Å². The van der Waals surface area contributed by atoms with Gasteiger partial charge in [0.1, 0.15) is 0 Å². The summed E-state index contributed by atoms with van der Waals surface area (Å²) in [6.45, 7) is 22.2. The molecule has 1 heterocycles. The van der Waals surface area contributed by atoms with Gasteiger partial charge in [0, 0.05) is 6.42 Å². The van der Waals surface area contributed by atoms with E-state index in [2.05, 4.69) is 62.3 Å². The molecule has 4 aliphatic carbocycles. The molecule has 2 saturated carbocycles. The Morgan fingerprint density at radius 2 is 1.58 bits per heavy atom. The zero-order valence-corrected chi connectivity index (χ0v) is 23.2. The van der Waals surface area contributed by atoms with Crippen LogP contribution in [0.2, 0.25) is 0 Å². The molecule has 188 valence electrons. The SMILES string of the molecule is C[C@H](C(O)CC1OC1(C)C)[C@H]1CC[C@@]2(C)C3=C(CC[C@]12C)[C@@]1(C)CC[C@H](C)C(C)(C)C1CC3. The molecule has 33 heavy (non-hydrogen) atoms. The van der Waals surface area contributed by atoms with Crippen molar-refractivity contribution in [3.05, 3.63) is 11.1 Å².